The third-order valence-electron chi connectivity index (χ3n) is 4.30. The maximum Gasteiger partial charge on any atom is 0.338 e. The summed E-state index contributed by atoms with van der Waals surface area (Å²) in [6.07, 6.45) is -0.972. The van der Waals surface area contributed by atoms with Crippen molar-refractivity contribution < 1.29 is 19.1 Å². The molecule has 0 saturated carbocycles. The predicted octanol–water partition coefficient (Wildman–Crippen LogP) is 3.44. The van der Waals surface area contributed by atoms with Crippen LogP contribution in [0.4, 0.5) is 5.69 Å². The lowest BCUT2D eigenvalue weighted by Gasteiger charge is -2.14. The predicted molar refractivity (Wildman–Crippen MR) is 106 cm³/mol. The summed E-state index contributed by atoms with van der Waals surface area (Å²) >= 11 is 0. The molecule has 7 heteroatoms. The second-order valence-electron chi connectivity index (χ2n) is 6.37. The average Bonchev–Trinajstić information content (AvgIpc) is 2.68. The average molecular weight is 379 g/mol. The summed E-state index contributed by atoms with van der Waals surface area (Å²) in [6, 6.07) is 11.9. The minimum absolute atomic E-state index is 0.311. The van der Waals surface area contributed by atoms with E-state index in [0.717, 1.165) is 11.4 Å². The lowest BCUT2D eigenvalue weighted by molar-refractivity contribution is -0.123. The second kappa shape index (κ2) is 8.04. The van der Waals surface area contributed by atoms with Gasteiger partial charge in [-0.05, 0) is 51.1 Å². The molecule has 3 rings (SSSR count). The van der Waals surface area contributed by atoms with Gasteiger partial charge in [0.1, 0.15) is 5.75 Å². The summed E-state index contributed by atoms with van der Waals surface area (Å²) in [5.41, 5.74) is 3.80. The highest BCUT2D eigenvalue weighted by Crippen LogP contribution is 2.18. The van der Waals surface area contributed by atoms with E-state index in [2.05, 4.69) is 15.3 Å². The Balaban J connectivity index is 1.70. The maximum atomic E-state index is 12.4. The van der Waals surface area contributed by atoms with Crippen LogP contribution in [0.2, 0.25) is 0 Å². The smallest absolute Gasteiger partial charge is 0.338 e. The van der Waals surface area contributed by atoms with Crippen LogP contribution in [0.3, 0.4) is 0 Å². The molecule has 3 aromatic rings. The van der Waals surface area contributed by atoms with Crippen LogP contribution in [0.15, 0.2) is 42.5 Å². The molecular formula is C21H21N3O4. The third kappa shape index (κ3) is 4.25. The summed E-state index contributed by atoms with van der Waals surface area (Å²) in [6.45, 7) is 5.26. The van der Waals surface area contributed by atoms with E-state index < -0.39 is 18.0 Å². The molecule has 2 aromatic carbocycles. The monoisotopic (exact) mass is 379 g/mol. The number of hydrogen-bond acceptors (Lipinski definition) is 6. The number of nitrogens with zero attached hydrogens (tertiary/aromatic N) is 2. The van der Waals surface area contributed by atoms with Gasteiger partial charge >= 0.3 is 5.97 Å². The lowest BCUT2D eigenvalue weighted by Crippen LogP contribution is -2.30. The van der Waals surface area contributed by atoms with E-state index in [1.165, 1.54) is 6.92 Å². The first kappa shape index (κ1) is 19.3. The van der Waals surface area contributed by atoms with Gasteiger partial charge in [-0.25, -0.2) is 14.8 Å². The van der Waals surface area contributed by atoms with Gasteiger partial charge in [-0.15, -0.1) is 0 Å². The molecule has 0 aliphatic heterocycles. The zero-order valence-corrected chi connectivity index (χ0v) is 16.1. The first-order chi connectivity index (χ1) is 13.4. The number of hydrogen-bond donors (Lipinski definition) is 1. The summed E-state index contributed by atoms with van der Waals surface area (Å²) in [4.78, 5) is 33.6. The normalized spacial score (nSPS) is 11.7. The van der Waals surface area contributed by atoms with Crippen LogP contribution in [0, 0.1) is 13.8 Å². The third-order valence-corrected chi connectivity index (χ3v) is 4.30. The Hall–Kier alpha value is -3.48. The number of aryl methyl sites for hydroxylation is 2. The molecule has 0 spiro atoms. The molecule has 0 saturated heterocycles. The molecule has 0 bridgehead atoms. The number of fused-ring (bicyclic) bond motifs is 1. The molecule has 1 aromatic heterocycles. The van der Waals surface area contributed by atoms with Crippen molar-refractivity contribution in [3.63, 3.8) is 0 Å². The van der Waals surface area contributed by atoms with Gasteiger partial charge < -0.3 is 14.8 Å². The molecule has 0 aliphatic rings. The van der Waals surface area contributed by atoms with Crippen LogP contribution in [-0.4, -0.2) is 35.1 Å². The molecule has 0 aliphatic carbocycles. The molecule has 1 atom stereocenters. The number of nitrogens with one attached hydrogen (secondary N) is 1. The number of rotatable bonds is 5. The lowest BCUT2D eigenvalue weighted by atomic mass is 10.2. The Morgan fingerprint density at radius 3 is 2.43 bits per heavy atom. The molecule has 0 radical (unpaired) electrons. The van der Waals surface area contributed by atoms with Gasteiger partial charge in [0.05, 0.1) is 35.1 Å². The highest BCUT2D eigenvalue weighted by molar-refractivity contribution is 5.98. The Labute approximate surface area is 162 Å². The van der Waals surface area contributed by atoms with Crippen molar-refractivity contribution in [2.45, 2.75) is 26.9 Å². The molecule has 1 amide bonds. The number of anilines is 1. The quantitative estimate of drug-likeness (QED) is 0.683. The number of amides is 1. The van der Waals surface area contributed by atoms with Gasteiger partial charge in [-0.1, -0.05) is 6.07 Å². The first-order valence-corrected chi connectivity index (χ1v) is 8.78. The van der Waals surface area contributed by atoms with Crippen molar-refractivity contribution in [3.05, 3.63) is 59.4 Å². The van der Waals surface area contributed by atoms with E-state index in [-0.39, 0.29) is 0 Å². The summed E-state index contributed by atoms with van der Waals surface area (Å²) in [7, 11) is 1.54. The molecule has 0 fully saturated rings. The number of carbonyl (C=O) groups excluding carboxylic acids is 2. The fourth-order valence-corrected chi connectivity index (χ4v) is 2.58. The van der Waals surface area contributed by atoms with E-state index in [4.69, 9.17) is 9.47 Å². The Morgan fingerprint density at radius 1 is 1.00 bits per heavy atom. The summed E-state index contributed by atoms with van der Waals surface area (Å²) < 4.78 is 10.4. The van der Waals surface area contributed by atoms with Crippen molar-refractivity contribution in [2.75, 3.05) is 12.4 Å². The highest BCUT2D eigenvalue weighted by Gasteiger charge is 2.20. The maximum absolute atomic E-state index is 12.4. The SMILES string of the molecule is COc1cccc(NC(=O)[C@@H](C)OC(=O)c2ccc3nc(C)c(C)nc3c2)c1. The van der Waals surface area contributed by atoms with E-state index in [9.17, 15) is 9.59 Å². The van der Waals surface area contributed by atoms with E-state index in [0.29, 0.717) is 28.0 Å². The fourth-order valence-electron chi connectivity index (χ4n) is 2.58. The van der Waals surface area contributed by atoms with Crippen molar-refractivity contribution in [3.8, 4) is 5.75 Å². The number of ether oxygens (including phenoxy) is 2. The number of aromatic nitrogens is 2. The largest absolute Gasteiger partial charge is 0.497 e. The van der Waals surface area contributed by atoms with Gasteiger partial charge in [0.15, 0.2) is 6.10 Å². The van der Waals surface area contributed by atoms with Crippen molar-refractivity contribution >= 4 is 28.6 Å². The second-order valence-corrected chi connectivity index (χ2v) is 6.37. The van der Waals surface area contributed by atoms with Gasteiger partial charge in [0.2, 0.25) is 0 Å². The van der Waals surface area contributed by atoms with Gasteiger partial charge in [0, 0.05) is 11.8 Å². The minimum atomic E-state index is -0.972. The van der Waals surface area contributed by atoms with E-state index >= 15 is 0 Å². The van der Waals surface area contributed by atoms with Crippen LogP contribution in [0.5, 0.6) is 5.75 Å². The van der Waals surface area contributed by atoms with Crippen LogP contribution in [0.25, 0.3) is 11.0 Å². The zero-order chi connectivity index (χ0) is 20.3. The zero-order valence-electron chi connectivity index (χ0n) is 16.1. The van der Waals surface area contributed by atoms with Crippen LogP contribution in [-0.2, 0) is 9.53 Å². The van der Waals surface area contributed by atoms with Crippen LogP contribution in [0.1, 0.15) is 28.7 Å². The van der Waals surface area contributed by atoms with Crippen molar-refractivity contribution in [1.82, 2.24) is 9.97 Å². The number of esters is 1. The molecule has 144 valence electrons. The molecule has 1 heterocycles. The molecular weight excluding hydrogens is 358 g/mol. The van der Waals surface area contributed by atoms with Crippen molar-refractivity contribution in [1.29, 1.82) is 0 Å². The molecule has 0 unspecified atom stereocenters. The molecule has 7 nitrogen and oxygen atoms in total. The Kier molecular flexibility index (Phi) is 5.54. The van der Waals surface area contributed by atoms with Crippen LogP contribution < -0.4 is 10.1 Å². The van der Waals surface area contributed by atoms with Gasteiger partial charge in [-0.2, -0.15) is 0 Å². The topological polar surface area (TPSA) is 90.4 Å². The number of benzene rings is 2. The van der Waals surface area contributed by atoms with Crippen LogP contribution >= 0.6 is 0 Å². The number of carbonyl (C=O) groups is 2. The van der Waals surface area contributed by atoms with E-state index in [1.54, 1.807) is 49.6 Å². The summed E-state index contributed by atoms with van der Waals surface area (Å²) in [5, 5.41) is 2.70. The Bertz CT molecular complexity index is 1050. The highest BCUT2D eigenvalue weighted by atomic mass is 16.5. The molecule has 28 heavy (non-hydrogen) atoms. The summed E-state index contributed by atoms with van der Waals surface area (Å²) in [5.74, 6) is -0.422. The number of methoxy groups -OCH3 is 1. The van der Waals surface area contributed by atoms with Crippen molar-refractivity contribution in [2.24, 2.45) is 0 Å². The van der Waals surface area contributed by atoms with Gasteiger partial charge in [-0.3, -0.25) is 4.79 Å². The van der Waals surface area contributed by atoms with Gasteiger partial charge in [0.25, 0.3) is 5.91 Å². The fraction of sp³-hybridized carbons (Fsp3) is 0.238. The first-order valence-electron chi connectivity index (χ1n) is 8.78. The van der Waals surface area contributed by atoms with E-state index in [1.807, 2.05) is 13.8 Å². The standard InChI is InChI=1S/C21H21N3O4/c1-12-13(2)23-19-10-15(8-9-18(19)22-12)21(26)28-14(3)20(25)24-16-6-5-7-17(11-16)27-4/h5-11,14H,1-4H3,(H,24,25)/t14-/m1/s1. The molecule has 1 N–H and O–H groups in total. The minimum Gasteiger partial charge on any atom is -0.497 e. The Morgan fingerprint density at radius 2 is 1.71 bits per heavy atom.